The molecule has 0 bridgehead atoms. The van der Waals surface area contributed by atoms with Crippen molar-refractivity contribution in [1.82, 2.24) is 9.97 Å². The molecule has 5 heteroatoms. The van der Waals surface area contributed by atoms with Gasteiger partial charge in [-0.25, -0.2) is 9.97 Å². The Morgan fingerprint density at radius 2 is 1.73 bits per heavy atom. The zero-order valence-electron chi connectivity index (χ0n) is 14.5. The third kappa shape index (κ3) is 3.87. The fraction of sp³-hybridized carbons (Fsp3) is 0.0952. The number of phenols is 1. The SMILES string of the molecule is CC(=O)N(C)c1ncc(-c2ccc(O)cc2)nc1C#Cc1ccccc1. The second-order valence-corrected chi connectivity index (χ2v) is 5.67. The molecule has 0 aliphatic carbocycles. The normalized spacial score (nSPS) is 9.92. The van der Waals surface area contributed by atoms with Gasteiger partial charge in [-0.05, 0) is 42.3 Å². The highest BCUT2D eigenvalue weighted by atomic mass is 16.3. The molecule has 1 amide bonds. The van der Waals surface area contributed by atoms with E-state index < -0.39 is 0 Å². The van der Waals surface area contributed by atoms with Gasteiger partial charge in [0.25, 0.3) is 0 Å². The van der Waals surface area contributed by atoms with Crippen LogP contribution >= 0.6 is 0 Å². The van der Waals surface area contributed by atoms with Crippen molar-refractivity contribution in [2.24, 2.45) is 0 Å². The molecule has 3 aromatic rings. The number of nitrogens with zero attached hydrogens (tertiary/aromatic N) is 3. The van der Waals surface area contributed by atoms with E-state index in [0.29, 0.717) is 17.2 Å². The van der Waals surface area contributed by atoms with Crippen molar-refractivity contribution in [3.05, 3.63) is 72.1 Å². The van der Waals surface area contributed by atoms with E-state index in [1.807, 2.05) is 30.3 Å². The number of aromatic hydroxyl groups is 1. The smallest absolute Gasteiger partial charge is 0.224 e. The van der Waals surface area contributed by atoms with Gasteiger partial charge in [0.05, 0.1) is 11.9 Å². The first-order valence-electron chi connectivity index (χ1n) is 8.02. The van der Waals surface area contributed by atoms with Crippen LogP contribution in [0.5, 0.6) is 5.75 Å². The Balaban J connectivity index is 2.08. The van der Waals surface area contributed by atoms with Crippen LogP contribution in [-0.4, -0.2) is 28.0 Å². The van der Waals surface area contributed by atoms with Gasteiger partial charge in [-0.2, -0.15) is 0 Å². The summed E-state index contributed by atoms with van der Waals surface area (Å²) in [5, 5.41) is 9.44. The molecule has 0 radical (unpaired) electrons. The molecule has 5 nitrogen and oxygen atoms in total. The molecule has 0 spiro atoms. The largest absolute Gasteiger partial charge is 0.508 e. The second-order valence-electron chi connectivity index (χ2n) is 5.67. The lowest BCUT2D eigenvalue weighted by molar-refractivity contribution is -0.116. The van der Waals surface area contributed by atoms with Crippen molar-refractivity contribution in [1.29, 1.82) is 0 Å². The molecule has 0 fully saturated rings. The predicted octanol–water partition coefficient (Wildman–Crippen LogP) is 3.23. The van der Waals surface area contributed by atoms with E-state index in [2.05, 4.69) is 21.8 Å². The van der Waals surface area contributed by atoms with Gasteiger partial charge in [0.15, 0.2) is 11.5 Å². The molecule has 26 heavy (non-hydrogen) atoms. The molecule has 128 valence electrons. The lowest BCUT2D eigenvalue weighted by Crippen LogP contribution is -2.25. The number of aromatic nitrogens is 2. The highest BCUT2D eigenvalue weighted by Gasteiger charge is 2.14. The number of rotatable bonds is 2. The lowest BCUT2D eigenvalue weighted by atomic mass is 10.1. The van der Waals surface area contributed by atoms with E-state index in [9.17, 15) is 9.90 Å². The number of hydrogen-bond acceptors (Lipinski definition) is 4. The summed E-state index contributed by atoms with van der Waals surface area (Å²) in [7, 11) is 1.64. The molecule has 0 aliphatic heterocycles. The van der Waals surface area contributed by atoms with Crippen LogP contribution in [0.2, 0.25) is 0 Å². The number of anilines is 1. The van der Waals surface area contributed by atoms with Gasteiger partial charge in [0, 0.05) is 25.1 Å². The maximum atomic E-state index is 11.7. The zero-order chi connectivity index (χ0) is 18.5. The number of phenolic OH excluding ortho intramolecular Hbond substituents is 1. The number of hydrogen-bond donors (Lipinski definition) is 1. The lowest BCUT2D eigenvalue weighted by Gasteiger charge is -2.15. The highest BCUT2D eigenvalue weighted by Crippen LogP contribution is 2.23. The summed E-state index contributed by atoms with van der Waals surface area (Å²) in [6.07, 6.45) is 1.59. The maximum absolute atomic E-state index is 11.7. The maximum Gasteiger partial charge on any atom is 0.224 e. The van der Waals surface area contributed by atoms with Crippen LogP contribution in [0.1, 0.15) is 18.2 Å². The molecule has 3 rings (SSSR count). The first kappa shape index (κ1) is 17.2. The minimum absolute atomic E-state index is 0.153. The number of carbonyl (C=O) groups is 1. The molecule has 0 aliphatic rings. The monoisotopic (exact) mass is 343 g/mol. The van der Waals surface area contributed by atoms with Crippen molar-refractivity contribution < 1.29 is 9.90 Å². The van der Waals surface area contributed by atoms with Crippen LogP contribution in [0.25, 0.3) is 11.3 Å². The van der Waals surface area contributed by atoms with Crippen molar-refractivity contribution in [3.8, 4) is 28.8 Å². The van der Waals surface area contributed by atoms with Gasteiger partial charge in [-0.15, -0.1) is 0 Å². The van der Waals surface area contributed by atoms with E-state index >= 15 is 0 Å². The fourth-order valence-electron chi connectivity index (χ4n) is 2.29. The standard InChI is InChI=1S/C21H17N3O2/c1-15(25)24(2)21-19(13-8-16-6-4-3-5-7-16)23-20(14-22-21)17-9-11-18(26)12-10-17/h3-7,9-12,14,26H,1-2H3. The average Bonchev–Trinajstić information content (AvgIpc) is 2.67. The van der Waals surface area contributed by atoms with Crippen molar-refractivity contribution in [3.63, 3.8) is 0 Å². The van der Waals surface area contributed by atoms with Gasteiger partial charge in [-0.3, -0.25) is 9.69 Å². The molecule has 0 saturated heterocycles. The Morgan fingerprint density at radius 1 is 1.04 bits per heavy atom. The molecule has 1 aromatic heterocycles. The van der Waals surface area contributed by atoms with Gasteiger partial charge in [-0.1, -0.05) is 24.1 Å². The first-order chi connectivity index (χ1) is 12.5. The highest BCUT2D eigenvalue weighted by molar-refractivity contribution is 5.91. The Morgan fingerprint density at radius 3 is 2.38 bits per heavy atom. The third-order valence-corrected chi connectivity index (χ3v) is 3.81. The Hall–Kier alpha value is -3.65. The summed E-state index contributed by atoms with van der Waals surface area (Å²) in [6.45, 7) is 1.46. The molecule has 0 saturated carbocycles. The predicted molar refractivity (Wildman–Crippen MR) is 101 cm³/mol. The molecule has 1 N–H and O–H groups in total. The van der Waals surface area contributed by atoms with E-state index in [1.54, 1.807) is 37.5 Å². The van der Waals surface area contributed by atoms with Crippen LogP contribution in [0.3, 0.4) is 0 Å². The van der Waals surface area contributed by atoms with Crippen LogP contribution in [-0.2, 0) is 4.79 Å². The summed E-state index contributed by atoms with van der Waals surface area (Å²) in [6, 6.07) is 16.2. The summed E-state index contributed by atoms with van der Waals surface area (Å²) >= 11 is 0. The van der Waals surface area contributed by atoms with Gasteiger partial charge < -0.3 is 5.11 Å². The Labute approximate surface area is 152 Å². The van der Waals surface area contributed by atoms with Crippen molar-refractivity contribution in [2.45, 2.75) is 6.92 Å². The number of amides is 1. The van der Waals surface area contributed by atoms with E-state index in [1.165, 1.54) is 11.8 Å². The second kappa shape index (κ2) is 7.49. The van der Waals surface area contributed by atoms with E-state index in [0.717, 1.165) is 11.1 Å². The summed E-state index contributed by atoms with van der Waals surface area (Å²) in [4.78, 5) is 22.1. The van der Waals surface area contributed by atoms with Crippen molar-refractivity contribution in [2.75, 3.05) is 11.9 Å². The summed E-state index contributed by atoms with van der Waals surface area (Å²) < 4.78 is 0. The quantitative estimate of drug-likeness (QED) is 0.726. The number of benzene rings is 2. The Kier molecular flexibility index (Phi) is 4.95. The summed E-state index contributed by atoms with van der Waals surface area (Å²) in [5.41, 5.74) is 2.68. The minimum atomic E-state index is -0.153. The van der Waals surface area contributed by atoms with Crippen LogP contribution in [0, 0.1) is 11.8 Å². The number of carbonyl (C=O) groups excluding carboxylic acids is 1. The molecule has 0 atom stereocenters. The Bertz CT molecular complexity index is 987. The topological polar surface area (TPSA) is 66.3 Å². The zero-order valence-corrected chi connectivity index (χ0v) is 14.5. The van der Waals surface area contributed by atoms with Crippen LogP contribution < -0.4 is 4.90 Å². The van der Waals surface area contributed by atoms with Gasteiger partial charge in [0.1, 0.15) is 5.75 Å². The third-order valence-electron chi connectivity index (χ3n) is 3.81. The molecule has 0 unspecified atom stereocenters. The van der Waals surface area contributed by atoms with E-state index in [-0.39, 0.29) is 11.7 Å². The van der Waals surface area contributed by atoms with Crippen LogP contribution in [0.4, 0.5) is 5.82 Å². The van der Waals surface area contributed by atoms with Crippen LogP contribution in [0.15, 0.2) is 60.8 Å². The van der Waals surface area contributed by atoms with Gasteiger partial charge in [0.2, 0.25) is 5.91 Å². The average molecular weight is 343 g/mol. The minimum Gasteiger partial charge on any atom is -0.508 e. The van der Waals surface area contributed by atoms with Crippen molar-refractivity contribution >= 4 is 11.7 Å². The van der Waals surface area contributed by atoms with E-state index in [4.69, 9.17) is 0 Å². The molecule has 2 aromatic carbocycles. The fourth-order valence-corrected chi connectivity index (χ4v) is 2.29. The first-order valence-corrected chi connectivity index (χ1v) is 8.02. The molecule has 1 heterocycles. The molecular weight excluding hydrogens is 326 g/mol. The summed E-state index contributed by atoms with van der Waals surface area (Å²) in [5.74, 6) is 6.50. The van der Waals surface area contributed by atoms with Gasteiger partial charge >= 0.3 is 0 Å². The molecular formula is C21H17N3O2.